The van der Waals surface area contributed by atoms with Crippen molar-refractivity contribution in [1.29, 1.82) is 0 Å². The van der Waals surface area contributed by atoms with E-state index in [9.17, 15) is 20.1 Å². The van der Waals surface area contributed by atoms with Gasteiger partial charge in [0, 0.05) is 24.1 Å². The summed E-state index contributed by atoms with van der Waals surface area (Å²) in [7, 11) is 0. The van der Waals surface area contributed by atoms with Gasteiger partial charge in [-0.25, -0.2) is 0 Å². The van der Waals surface area contributed by atoms with Crippen molar-refractivity contribution in [2.75, 3.05) is 6.54 Å². The molecule has 0 aliphatic carbocycles. The van der Waals surface area contributed by atoms with Crippen LogP contribution in [0.4, 0.5) is 0 Å². The molecule has 6 heteroatoms. The van der Waals surface area contributed by atoms with Crippen LogP contribution in [0.2, 0.25) is 0 Å². The van der Waals surface area contributed by atoms with Crippen molar-refractivity contribution in [3.05, 3.63) is 75.9 Å². The molecule has 0 radical (unpaired) electrons. The first-order valence-electron chi connectivity index (χ1n) is 13.2. The second-order valence-corrected chi connectivity index (χ2v) is 10.9. The number of nitrogens with zero attached hydrogens (tertiary/aromatic N) is 1. The topological polar surface area (TPSA) is 90.2 Å². The molecule has 6 nitrogen and oxygen atoms in total. The van der Waals surface area contributed by atoms with Gasteiger partial charge >= 0.3 is 0 Å². The minimum atomic E-state index is -0.812. The number of aromatic hydroxyl groups is 2. The van der Waals surface area contributed by atoms with Crippen LogP contribution in [-0.2, 0) is 19.4 Å². The van der Waals surface area contributed by atoms with E-state index in [0.29, 0.717) is 42.8 Å². The van der Waals surface area contributed by atoms with Crippen LogP contribution in [0.5, 0.6) is 17.2 Å². The molecule has 0 saturated carbocycles. The maximum Gasteiger partial charge on any atom is 0.254 e. The number of rotatable bonds is 9. The zero-order valence-corrected chi connectivity index (χ0v) is 22.4. The molecule has 2 aromatic carbocycles. The highest BCUT2D eigenvalue weighted by Gasteiger charge is 2.44. The lowest BCUT2D eigenvalue weighted by molar-refractivity contribution is -0.0599. The number of fused-ring (bicyclic) bond motifs is 3. The Morgan fingerprint density at radius 3 is 2.54 bits per heavy atom. The number of aliphatic hydroxyl groups is 1. The van der Waals surface area contributed by atoms with Crippen LogP contribution in [0.25, 0.3) is 0 Å². The number of aliphatic hydroxyl groups excluding tert-OH is 1. The van der Waals surface area contributed by atoms with Gasteiger partial charge in [-0.3, -0.25) is 4.79 Å². The Labute approximate surface area is 219 Å². The molecular weight excluding hydrogens is 466 g/mol. The number of phenols is 2. The van der Waals surface area contributed by atoms with E-state index in [0.717, 1.165) is 30.4 Å². The molecule has 2 aliphatic rings. The van der Waals surface area contributed by atoms with Gasteiger partial charge in [0.1, 0.15) is 22.8 Å². The molecule has 3 N–H and O–H groups in total. The third kappa shape index (κ3) is 6.02. The van der Waals surface area contributed by atoms with E-state index in [1.165, 1.54) is 17.2 Å². The Morgan fingerprint density at radius 1 is 1.11 bits per heavy atom. The number of carbonyl (C=O) groups excluding carboxylic acids is 1. The molecule has 2 aliphatic heterocycles. The van der Waals surface area contributed by atoms with Gasteiger partial charge in [0.25, 0.3) is 5.91 Å². The van der Waals surface area contributed by atoms with Crippen LogP contribution in [0.15, 0.2) is 53.6 Å². The summed E-state index contributed by atoms with van der Waals surface area (Å²) in [4.78, 5) is 14.9. The van der Waals surface area contributed by atoms with Crippen molar-refractivity contribution >= 4 is 5.91 Å². The van der Waals surface area contributed by atoms with E-state index in [1.807, 2.05) is 19.1 Å². The monoisotopic (exact) mass is 505 g/mol. The van der Waals surface area contributed by atoms with Gasteiger partial charge in [-0.2, -0.15) is 0 Å². The fraction of sp³-hybridized carbons (Fsp3) is 0.452. The number of allylic oxidation sites excluding steroid dienone is 4. The molecule has 0 fully saturated rings. The van der Waals surface area contributed by atoms with Crippen LogP contribution in [0.1, 0.15) is 80.4 Å². The average molecular weight is 506 g/mol. The SMILES string of the molecule is CC(C)=CCCC(C)=CCC[C@@]1(C)Oc2c(c(O)cc3c2CN(CCc2ccc(O)cc2)C3=O)C[C@H]1O. The number of ether oxygens (including phenoxy) is 1. The molecule has 2 atom stereocenters. The van der Waals surface area contributed by atoms with Crippen molar-refractivity contribution in [3.8, 4) is 17.2 Å². The minimum Gasteiger partial charge on any atom is -0.508 e. The summed E-state index contributed by atoms with van der Waals surface area (Å²) in [5.41, 5.74) is 4.69. The number of hydrogen-bond acceptors (Lipinski definition) is 5. The fourth-order valence-corrected chi connectivity index (χ4v) is 5.16. The molecule has 37 heavy (non-hydrogen) atoms. The lowest BCUT2D eigenvalue weighted by Crippen LogP contribution is -2.49. The fourth-order valence-electron chi connectivity index (χ4n) is 5.16. The molecular formula is C31H39NO5. The molecule has 198 valence electrons. The summed E-state index contributed by atoms with van der Waals surface area (Å²) in [5.74, 6) is 0.636. The van der Waals surface area contributed by atoms with Gasteiger partial charge in [-0.1, -0.05) is 35.4 Å². The molecule has 0 aromatic heterocycles. The van der Waals surface area contributed by atoms with E-state index >= 15 is 0 Å². The van der Waals surface area contributed by atoms with E-state index < -0.39 is 11.7 Å². The molecule has 0 unspecified atom stereocenters. The second-order valence-electron chi connectivity index (χ2n) is 10.9. The Bertz CT molecular complexity index is 1210. The Morgan fingerprint density at radius 2 is 1.84 bits per heavy atom. The summed E-state index contributed by atoms with van der Waals surface area (Å²) < 4.78 is 6.47. The van der Waals surface area contributed by atoms with Crippen LogP contribution >= 0.6 is 0 Å². The Balaban J connectivity index is 1.47. The van der Waals surface area contributed by atoms with Crippen molar-refractivity contribution in [3.63, 3.8) is 0 Å². The lowest BCUT2D eigenvalue weighted by Gasteiger charge is -2.40. The van der Waals surface area contributed by atoms with Gasteiger partial charge < -0.3 is 25.0 Å². The van der Waals surface area contributed by atoms with Crippen LogP contribution < -0.4 is 4.74 Å². The third-order valence-electron chi connectivity index (χ3n) is 7.60. The first kappa shape index (κ1) is 26.8. The third-order valence-corrected chi connectivity index (χ3v) is 7.60. The zero-order chi connectivity index (χ0) is 26.7. The maximum atomic E-state index is 13.2. The van der Waals surface area contributed by atoms with Crippen molar-refractivity contribution in [1.82, 2.24) is 4.90 Å². The number of benzene rings is 2. The predicted octanol–water partition coefficient (Wildman–Crippen LogP) is 5.82. The molecule has 0 spiro atoms. The lowest BCUT2D eigenvalue weighted by atomic mass is 9.84. The number of hydrogen-bond donors (Lipinski definition) is 3. The van der Waals surface area contributed by atoms with E-state index in [1.54, 1.807) is 17.0 Å². The highest BCUT2D eigenvalue weighted by atomic mass is 16.5. The van der Waals surface area contributed by atoms with Gasteiger partial charge in [0.2, 0.25) is 0 Å². The van der Waals surface area contributed by atoms with E-state index in [2.05, 4.69) is 32.9 Å². The highest BCUT2D eigenvalue weighted by molar-refractivity contribution is 6.00. The Hall–Kier alpha value is -3.25. The summed E-state index contributed by atoms with van der Waals surface area (Å²) in [6.07, 6.45) is 8.10. The van der Waals surface area contributed by atoms with Gasteiger partial charge in [-0.05, 0) is 83.6 Å². The first-order chi connectivity index (χ1) is 17.6. The van der Waals surface area contributed by atoms with Crippen molar-refractivity contribution in [2.45, 2.75) is 84.5 Å². The largest absolute Gasteiger partial charge is 0.508 e. The second kappa shape index (κ2) is 11.0. The Kier molecular flexibility index (Phi) is 7.98. The number of phenolic OH excluding ortho intramolecular Hbond substituents is 2. The molecule has 0 bridgehead atoms. The molecule has 4 rings (SSSR count). The van der Waals surface area contributed by atoms with E-state index in [4.69, 9.17) is 4.74 Å². The predicted molar refractivity (Wildman–Crippen MR) is 145 cm³/mol. The van der Waals surface area contributed by atoms with E-state index in [-0.39, 0.29) is 23.8 Å². The quantitative estimate of drug-likeness (QED) is 0.374. The highest BCUT2D eigenvalue weighted by Crippen LogP contribution is 2.46. The van der Waals surface area contributed by atoms with Crippen LogP contribution in [0, 0.1) is 0 Å². The summed E-state index contributed by atoms with van der Waals surface area (Å²) in [5, 5.41) is 31.2. The normalized spacial score (nSPS) is 20.9. The van der Waals surface area contributed by atoms with Crippen molar-refractivity contribution < 1.29 is 24.9 Å². The smallest absolute Gasteiger partial charge is 0.254 e. The van der Waals surface area contributed by atoms with Crippen LogP contribution in [0.3, 0.4) is 0 Å². The molecule has 2 heterocycles. The van der Waals surface area contributed by atoms with Gasteiger partial charge in [-0.15, -0.1) is 0 Å². The van der Waals surface area contributed by atoms with Crippen molar-refractivity contribution in [2.24, 2.45) is 0 Å². The zero-order valence-electron chi connectivity index (χ0n) is 22.4. The average Bonchev–Trinajstić information content (AvgIpc) is 3.15. The summed E-state index contributed by atoms with van der Waals surface area (Å²) in [6, 6.07) is 8.51. The maximum absolute atomic E-state index is 13.2. The number of amides is 1. The molecule has 1 amide bonds. The van der Waals surface area contributed by atoms with Gasteiger partial charge in [0.15, 0.2) is 0 Å². The molecule has 2 aromatic rings. The summed E-state index contributed by atoms with van der Waals surface area (Å²) >= 11 is 0. The standard InChI is InChI=1S/C31H39NO5/c1-20(2)7-5-8-21(3)9-6-15-31(4)28(35)18-25-27(34)17-24-26(29(25)37-31)19-32(30(24)36)16-14-22-10-12-23(33)13-11-22/h7,9-13,17,28,33-35H,5-6,8,14-16,18-19H2,1-4H3/t28-,31-/m1/s1. The molecule has 0 saturated heterocycles. The number of carbonyl (C=O) groups is 1. The first-order valence-corrected chi connectivity index (χ1v) is 13.2. The van der Waals surface area contributed by atoms with Gasteiger partial charge in [0.05, 0.1) is 18.2 Å². The minimum absolute atomic E-state index is 0.00130. The summed E-state index contributed by atoms with van der Waals surface area (Å²) in [6.45, 7) is 9.20. The van der Waals surface area contributed by atoms with Crippen LogP contribution in [-0.4, -0.2) is 44.4 Å².